The molecule has 3 heterocycles. The number of aromatic amines is 1. The third kappa shape index (κ3) is 0.963. The summed E-state index contributed by atoms with van der Waals surface area (Å²) in [5, 5.41) is 7.52. The van der Waals surface area contributed by atoms with Gasteiger partial charge in [0.05, 0.1) is 11.0 Å². The van der Waals surface area contributed by atoms with Crippen LogP contribution in [0.4, 0.5) is 5.82 Å². The Labute approximate surface area is 95.1 Å². The predicted octanol–water partition coefficient (Wildman–Crippen LogP) is 1.34. The molecule has 0 amide bonds. The number of nitrogens with one attached hydrogen (secondary N) is 1. The predicted molar refractivity (Wildman–Crippen MR) is 64.6 cm³/mol. The van der Waals surface area contributed by atoms with Crippen LogP contribution in [0, 0.1) is 0 Å². The van der Waals surface area contributed by atoms with Crippen molar-refractivity contribution < 1.29 is 0 Å². The molecule has 6 heteroatoms. The summed E-state index contributed by atoms with van der Waals surface area (Å²) in [7, 11) is 0. The molecule has 6 nitrogen and oxygen atoms in total. The van der Waals surface area contributed by atoms with Crippen LogP contribution >= 0.6 is 0 Å². The van der Waals surface area contributed by atoms with E-state index in [1.807, 2.05) is 28.7 Å². The largest absolute Gasteiger partial charge is 0.383 e. The van der Waals surface area contributed by atoms with Crippen molar-refractivity contribution in [2.45, 2.75) is 0 Å². The van der Waals surface area contributed by atoms with Gasteiger partial charge in [-0.3, -0.25) is 9.50 Å². The number of hydrogen-bond donors (Lipinski definition) is 2. The number of rotatable bonds is 0. The van der Waals surface area contributed by atoms with Gasteiger partial charge in [-0.15, -0.1) is 0 Å². The van der Waals surface area contributed by atoms with E-state index < -0.39 is 0 Å². The fourth-order valence-electron chi connectivity index (χ4n) is 2.11. The number of nitrogen functional groups attached to an aromatic ring is 1. The van der Waals surface area contributed by atoms with E-state index in [-0.39, 0.29) is 0 Å². The minimum atomic E-state index is 0.494. The van der Waals surface area contributed by atoms with Crippen LogP contribution in [-0.2, 0) is 0 Å². The number of imidazole rings is 1. The van der Waals surface area contributed by atoms with Gasteiger partial charge in [0.15, 0.2) is 11.3 Å². The first-order valence-corrected chi connectivity index (χ1v) is 5.20. The minimum Gasteiger partial charge on any atom is -0.383 e. The Kier molecular flexibility index (Phi) is 1.37. The Morgan fingerprint density at radius 1 is 1.24 bits per heavy atom. The van der Waals surface area contributed by atoms with Crippen molar-refractivity contribution in [1.82, 2.24) is 24.6 Å². The van der Waals surface area contributed by atoms with E-state index in [0.717, 1.165) is 22.1 Å². The number of hydrogen-bond acceptors (Lipinski definition) is 4. The highest BCUT2D eigenvalue weighted by atomic mass is 15.2. The molecule has 0 saturated heterocycles. The first-order chi connectivity index (χ1) is 8.34. The van der Waals surface area contributed by atoms with Gasteiger partial charge in [0.2, 0.25) is 0 Å². The average molecular weight is 224 g/mol. The summed E-state index contributed by atoms with van der Waals surface area (Å²) in [6, 6.07) is 7.89. The highest BCUT2D eigenvalue weighted by Gasteiger charge is 2.12. The normalized spacial score (nSPS) is 11.8. The van der Waals surface area contributed by atoms with Crippen LogP contribution in [0.25, 0.3) is 27.7 Å². The van der Waals surface area contributed by atoms with E-state index >= 15 is 0 Å². The highest BCUT2D eigenvalue weighted by molar-refractivity contribution is 6.00. The number of aromatic nitrogens is 5. The van der Waals surface area contributed by atoms with Crippen molar-refractivity contribution in [3.05, 3.63) is 30.6 Å². The lowest BCUT2D eigenvalue weighted by Gasteiger charge is -1.95. The Morgan fingerprint density at radius 2 is 2.12 bits per heavy atom. The Bertz CT molecular complexity index is 856. The maximum Gasteiger partial charge on any atom is 0.188 e. The smallest absolute Gasteiger partial charge is 0.188 e. The van der Waals surface area contributed by atoms with Gasteiger partial charge in [-0.2, -0.15) is 5.10 Å². The standard InChI is InChI=1S/C11H8N6/c12-9-8-10(16-15-9)13-5-17-7-4-2-1-3-6(7)14-11(8)17/h1-5H,(H3,12,15,16). The molecule has 0 aliphatic rings. The Morgan fingerprint density at radius 3 is 3.06 bits per heavy atom. The fourth-order valence-corrected chi connectivity index (χ4v) is 2.11. The van der Waals surface area contributed by atoms with Gasteiger partial charge in [-0.05, 0) is 12.1 Å². The van der Waals surface area contributed by atoms with Crippen molar-refractivity contribution in [2.75, 3.05) is 5.73 Å². The number of H-pyrrole nitrogens is 1. The first-order valence-electron chi connectivity index (χ1n) is 5.20. The van der Waals surface area contributed by atoms with Gasteiger partial charge in [-0.1, -0.05) is 12.1 Å². The lowest BCUT2D eigenvalue weighted by atomic mass is 10.3. The zero-order valence-corrected chi connectivity index (χ0v) is 8.75. The molecule has 17 heavy (non-hydrogen) atoms. The molecule has 0 spiro atoms. The second-order valence-corrected chi connectivity index (χ2v) is 3.87. The summed E-state index contributed by atoms with van der Waals surface area (Å²) in [6.45, 7) is 0. The van der Waals surface area contributed by atoms with Crippen LogP contribution in [0.1, 0.15) is 0 Å². The molecule has 1 aromatic carbocycles. The monoisotopic (exact) mass is 224 g/mol. The van der Waals surface area contributed by atoms with Crippen LogP contribution in [0.5, 0.6) is 0 Å². The number of para-hydroxylation sites is 2. The number of nitrogens with zero attached hydrogens (tertiary/aromatic N) is 4. The first kappa shape index (κ1) is 8.51. The fraction of sp³-hybridized carbons (Fsp3) is 0. The second-order valence-electron chi connectivity index (χ2n) is 3.87. The molecular weight excluding hydrogens is 216 g/mol. The second kappa shape index (κ2) is 2.73. The van der Waals surface area contributed by atoms with E-state index in [2.05, 4.69) is 20.2 Å². The van der Waals surface area contributed by atoms with Crippen molar-refractivity contribution in [2.24, 2.45) is 0 Å². The van der Waals surface area contributed by atoms with Gasteiger partial charge < -0.3 is 5.73 Å². The van der Waals surface area contributed by atoms with Gasteiger partial charge in [0, 0.05) is 0 Å². The molecule has 82 valence electrons. The third-order valence-corrected chi connectivity index (χ3v) is 2.89. The highest BCUT2D eigenvalue weighted by Crippen LogP contribution is 2.24. The van der Waals surface area contributed by atoms with Gasteiger partial charge in [0.1, 0.15) is 17.5 Å². The lowest BCUT2D eigenvalue weighted by Crippen LogP contribution is -1.90. The third-order valence-electron chi connectivity index (χ3n) is 2.89. The molecular formula is C11H8N6. The van der Waals surface area contributed by atoms with E-state index in [1.165, 1.54) is 0 Å². The van der Waals surface area contributed by atoms with E-state index in [4.69, 9.17) is 5.73 Å². The minimum absolute atomic E-state index is 0.494. The molecule has 0 bridgehead atoms. The average Bonchev–Trinajstić information content (AvgIpc) is 2.90. The molecule has 4 aromatic rings. The SMILES string of the molecule is Nc1[nH]nc2ncn3c4ccccc4nc3c12. The van der Waals surface area contributed by atoms with Crippen LogP contribution in [0.3, 0.4) is 0 Å². The molecule has 3 aromatic heterocycles. The molecule has 0 unspecified atom stereocenters. The lowest BCUT2D eigenvalue weighted by molar-refractivity contribution is 1.08. The molecule has 0 atom stereocenters. The number of anilines is 1. The van der Waals surface area contributed by atoms with Crippen molar-refractivity contribution in [3.8, 4) is 0 Å². The topological polar surface area (TPSA) is 84.9 Å². The molecule has 0 radical (unpaired) electrons. The maximum atomic E-state index is 5.85. The zero-order chi connectivity index (χ0) is 11.4. The molecule has 0 aliphatic carbocycles. The van der Waals surface area contributed by atoms with Crippen molar-refractivity contribution in [1.29, 1.82) is 0 Å². The van der Waals surface area contributed by atoms with E-state index in [0.29, 0.717) is 11.5 Å². The van der Waals surface area contributed by atoms with Gasteiger partial charge >= 0.3 is 0 Å². The molecule has 4 rings (SSSR count). The molecule has 3 N–H and O–H groups in total. The van der Waals surface area contributed by atoms with E-state index in [1.54, 1.807) is 6.33 Å². The quantitative estimate of drug-likeness (QED) is 0.472. The zero-order valence-electron chi connectivity index (χ0n) is 8.75. The summed E-state index contributed by atoms with van der Waals surface area (Å²) in [4.78, 5) is 8.81. The van der Waals surface area contributed by atoms with Gasteiger partial charge in [0.25, 0.3) is 0 Å². The number of benzene rings is 1. The summed E-state index contributed by atoms with van der Waals surface area (Å²) in [5.41, 5.74) is 9.15. The van der Waals surface area contributed by atoms with Crippen LogP contribution in [-0.4, -0.2) is 24.6 Å². The molecule has 0 saturated carbocycles. The Hall–Kier alpha value is -2.63. The summed E-state index contributed by atoms with van der Waals surface area (Å²) in [6.07, 6.45) is 1.72. The number of fused-ring (bicyclic) bond motifs is 5. The number of nitrogens with two attached hydrogens (primary N) is 1. The van der Waals surface area contributed by atoms with Crippen molar-refractivity contribution >= 4 is 33.5 Å². The Balaban J connectivity index is 2.37. The van der Waals surface area contributed by atoms with Crippen LogP contribution < -0.4 is 5.73 Å². The van der Waals surface area contributed by atoms with E-state index in [9.17, 15) is 0 Å². The van der Waals surface area contributed by atoms with Crippen molar-refractivity contribution in [3.63, 3.8) is 0 Å². The summed E-state index contributed by atoms with van der Waals surface area (Å²) in [5.74, 6) is 0.494. The van der Waals surface area contributed by atoms with Gasteiger partial charge in [-0.25, -0.2) is 9.97 Å². The maximum absolute atomic E-state index is 5.85. The molecule has 0 aliphatic heterocycles. The summed E-state index contributed by atoms with van der Waals surface area (Å²) < 4.78 is 1.92. The van der Waals surface area contributed by atoms with Crippen LogP contribution in [0.2, 0.25) is 0 Å². The summed E-state index contributed by atoms with van der Waals surface area (Å²) >= 11 is 0. The van der Waals surface area contributed by atoms with Crippen LogP contribution in [0.15, 0.2) is 30.6 Å². The molecule has 0 fully saturated rings.